The van der Waals surface area contributed by atoms with E-state index in [9.17, 15) is 4.79 Å². The third kappa shape index (κ3) is 4.30. The number of carbonyl (C=O) groups is 1. The number of rotatable bonds is 5. The number of esters is 1. The highest BCUT2D eigenvalue weighted by Crippen LogP contribution is 2.06. The van der Waals surface area contributed by atoms with Crippen LogP contribution in [0.1, 0.15) is 31.4 Å². The minimum absolute atomic E-state index is 0.276. The van der Waals surface area contributed by atoms with Crippen LogP contribution in [-0.4, -0.2) is 12.6 Å². The summed E-state index contributed by atoms with van der Waals surface area (Å²) >= 11 is 0. The van der Waals surface area contributed by atoms with Crippen molar-refractivity contribution in [1.29, 1.82) is 0 Å². The first kappa shape index (κ1) is 12.5. The highest BCUT2D eigenvalue weighted by atomic mass is 16.5. The van der Waals surface area contributed by atoms with Crippen LogP contribution < -0.4 is 0 Å². The van der Waals surface area contributed by atoms with E-state index >= 15 is 0 Å². The zero-order chi connectivity index (χ0) is 11.8. The van der Waals surface area contributed by atoms with Gasteiger partial charge in [0.1, 0.15) is 0 Å². The van der Waals surface area contributed by atoms with Crippen LogP contribution in [0.5, 0.6) is 0 Å². The Hall–Kier alpha value is -1.57. The lowest BCUT2D eigenvalue weighted by Crippen LogP contribution is -2.00. The highest BCUT2D eigenvalue weighted by molar-refractivity contribution is 5.87. The number of benzene rings is 1. The van der Waals surface area contributed by atoms with Crippen molar-refractivity contribution in [2.45, 2.75) is 26.7 Å². The molecule has 0 aliphatic heterocycles. The SMILES string of the molecule is CCCOC(=O)C=Cc1ccc(CC)cc1. The van der Waals surface area contributed by atoms with Gasteiger partial charge in [-0.1, -0.05) is 38.1 Å². The lowest BCUT2D eigenvalue weighted by molar-refractivity contribution is -0.137. The van der Waals surface area contributed by atoms with Crippen LogP contribution in [0.25, 0.3) is 6.08 Å². The molecule has 86 valence electrons. The summed E-state index contributed by atoms with van der Waals surface area (Å²) in [7, 11) is 0. The van der Waals surface area contributed by atoms with Crippen molar-refractivity contribution in [3.63, 3.8) is 0 Å². The van der Waals surface area contributed by atoms with Gasteiger partial charge in [-0.3, -0.25) is 0 Å². The molecule has 0 spiro atoms. The molecule has 0 atom stereocenters. The Morgan fingerprint density at radius 1 is 1.25 bits per heavy atom. The first-order valence-electron chi connectivity index (χ1n) is 5.70. The summed E-state index contributed by atoms with van der Waals surface area (Å²) in [5.41, 5.74) is 2.32. The van der Waals surface area contributed by atoms with E-state index in [-0.39, 0.29) is 5.97 Å². The Labute approximate surface area is 96.9 Å². The molecule has 0 aromatic heterocycles. The minimum Gasteiger partial charge on any atom is -0.463 e. The zero-order valence-electron chi connectivity index (χ0n) is 9.90. The molecule has 0 heterocycles. The normalized spacial score (nSPS) is 10.6. The van der Waals surface area contributed by atoms with Crippen LogP contribution in [0, 0.1) is 0 Å². The van der Waals surface area contributed by atoms with E-state index in [1.54, 1.807) is 6.08 Å². The van der Waals surface area contributed by atoms with Crippen LogP contribution in [0.15, 0.2) is 30.3 Å². The van der Waals surface area contributed by atoms with Gasteiger partial charge in [-0.15, -0.1) is 0 Å². The summed E-state index contributed by atoms with van der Waals surface area (Å²) in [6.07, 6.45) is 5.13. The average molecular weight is 218 g/mol. The van der Waals surface area contributed by atoms with Gasteiger partial charge in [0.15, 0.2) is 0 Å². The van der Waals surface area contributed by atoms with Gasteiger partial charge in [-0.05, 0) is 30.0 Å². The van der Waals surface area contributed by atoms with E-state index in [0.717, 1.165) is 18.4 Å². The predicted octanol–water partition coefficient (Wildman–Crippen LogP) is 3.22. The Kier molecular flexibility index (Phi) is 5.34. The lowest BCUT2D eigenvalue weighted by atomic mass is 10.1. The standard InChI is InChI=1S/C14H18O2/c1-3-11-16-14(15)10-9-13-7-5-12(4-2)6-8-13/h5-10H,3-4,11H2,1-2H3. The topological polar surface area (TPSA) is 26.3 Å². The summed E-state index contributed by atoms with van der Waals surface area (Å²) in [5, 5.41) is 0. The molecule has 0 amide bonds. The monoisotopic (exact) mass is 218 g/mol. The van der Waals surface area contributed by atoms with Crippen LogP contribution in [0.2, 0.25) is 0 Å². The second-order valence-corrected chi connectivity index (χ2v) is 3.60. The van der Waals surface area contributed by atoms with Gasteiger partial charge in [-0.25, -0.2) is 4.79 Å². The first-order valence-corrected chi connectivity index (χ1v) is 5.70. The quantitative estimate of drug-likeness (QED) is 0.560. The Morgan fingerprint density at radius 2 is 1.94 bits per heavy atom. The summed E-state index contributed by atoms with van der Waals surface area (Å²) in [6, 6.07) is 8.14. The molecule has 2 heteroatoms. The number of carbonyl (C=O) groups excluding carboxylic acids is 1. The molecule has 0 unspecified atom stereocenters. The smallest absolute Gasteiger partial charge is 0.330 e. The zero-order valence-corrected chi connectivity index (χ0v) is 9.90. The molecule has 2 nitrogen and oxygen atoms in total. The number of ether oxygens (including phenoxy) is 1. The van der Waals surface area contributed by atoms with E-state index in [0.29, 0.717) is 6.61 Å². The van der Waals surface area contributed by atoms with Gasteiger partial charge in [0.05, 0.1) is 6.61 Å². The van der Waals surface area contributed by atoms with Crippen molar-refractivity contribution in [3.05, 3.63) is 41.5 Å². The summed E-state index contributed by atoms with van der Waals surface area (Å²) in [4.78, 5) is 11.2. The minimum atomic E-state index is -0.276. The van der Waals surface area contributed by atoms with E-state index in [1.807, 2.05) is 19.1 Å². The number of hydrogen-bond donors (Lipinski definition) is 0. The van der Waals surface area contributed by atoms with Crippen molar-refractivity contribution in [2.24, 2.45) is 0 Å². The van der Waals surface area contributed by atoms with E-state index in [2.05, 4.69) is 19.1 Å². The van der Waals surface area contributed by atoms with Gasteiger partial charge in [0.25, 0.3) is 0 Å². The molecule has 0 N–H and O–H groups in total. The van der Waals surface area contributed by atoms with Crippen LogP contribution in [0.3, 0.4) is 0 Å². The fraction of sp³-hybridized carbons (Fsp3) is 0.357. The fourth-order valence-electron chi connectivity index (χ4n) is 1.28. The highest BCUT2D eigenvalue weighted by Gasteiger charge is 1.95. The van der Waals surface area contributed by atoms with Crippen molar-refractivity contribution >= 4 is 12.0 Å². The average Bonchev–Trinajstić information content (AvgIpc) is 2.34. The molecule has 1 aromatic carbocycles. The molecule has 16 heavy (non-hydrogen) atoms. The molecule has 0 saturated carbocycles. The molecular weight excluding hydrogens is 200 g/mol. The lowest BCUT2D eigenvalue weighted by Gasteiger charge is -1.98. The van der Waals surface area contributed by atoms with Crippen LogP contribution >= 0.6 is 0 Å². The molecule has 0 fully saturated rings. The predicted molar refractivity (Wildman–Crippen MR) is 66.1 cm³/mol. The maximum Gasteiger partial charge on any atom is 0.330 e. The summed E-state index contributed by atoms with van der Waals surface area (Å²) in [6.45, 7) is 4.57. The summed E-state index contributed by atoms with van der Waals surface area (Å²) < 4.78 is 4.93. The molecule has 1 aromatic rings. The molecular formula is C14H18O2. The Bertz CT molecular complexity index is 350. The van der Waals surface area contributed by atoms with Crippen molar-refractivity contribution < 1.29 is 9.53 Å². The Balaban J connectivity index is 2.52. The van der Waals surface area contributed by atoms with Gasteiger partial charge in [-0.2, -0.15) is 0 Å². The fourth-order valence-corrected chi connectivity index (χ4v) is 1.28. The third-order valence-electron chi connectivity index (χ3n) is 2.25. The van der Waals surface area contributed by atoms with E-state index in [1.165, 1.54) is 11.6 Å². The molecule has 0 saturated heterocycles. The largest absolute Gasteiger partial charge is 0.463 e. The second-order valence-electron chi connectivity index (χ2n) is 3.60. The van der Waals surface area contributed by atoms with Gasteiger partial charge < -0.3 is 4.74 Å². The van der Waals surface area contributed by atoms with Gasteiger partial charge >= 0.3 is 5.97 Å². The first-order chi connectivity index (χ1) is 7.76. The molecule has 0 aliphatic carbocycles. The van der Waals surface area contributed by atoms with Gasteiger partial charge in [0, 0.05) is 6.08 Å². The van der Waals surface area contributed by atoms with Crippen LogP contribution in [0.4, 0.5) is 0 Å². The van der Waals surface area contributed by atoms with E-state index < -0.39 is 0 Å². The van der Waals surface area contributed by atoms with E-state index in [4.69, 9.17) is 4.74 Å². The Morgan fingerprint density at radius 3 is 2.50 bits per heavy atom. The van der Waals surface area contributed by atoms with Crippen molar-refractivity contribution in [2.75, 3.05) is 6.61 Å². The van der Waals surface area contributed by atoms with Gasteiger partial charge in [0.2, 0.25) is 0 Å². The van der Waals surface area contributed by atoms with Crippen LogP contribution in [-0.2, 0) is 16.0 Å². The molecule has 0 aliphatic rings. The number of hydrogen-bond acceptors (Lipinski definition) is 2. The van der Waals surface area contributed by atoms with Crippen molar-refractivity contribution in [1.82, 2.24) is 0 Å². The molecule has 1 rings (SSSR count). The summed E-state index contributed by atoms with van der Waals surface area (Å²) in [5.74, 6) is -0.276. The molecule has 0 bridgehead atoms. The van der Waals surface area contributed by atoms with Crippen molar-refractivity contribution in [3.8, 4) is 0 Å². The molecule has 0 radical (unpaired) electrons. The maximum atomic E-state index is 11.2. The maximum absolute atomic E-state index is 11.2. The third-order valence-corrected chi connectivity index (χ3v) is 2.25. The second kappa shape index (κ2) is 6.83. The number of aryl methyl sites for hydroxylation is 1.